The molecule has 0 saturated heterocycles. The van der Waals surface area contributed by atoms with Crippen molar-refractivity contribution in [2.24, 2.45) is 11.7 Å². The Labute approximate surface area is 106 Å². The first-order valence-corrected chi connectivity index (χ1v) is 5.77. The number of hydrogen-bond donors (Lipinski definition) is 3. The number of carbonyl (C=O) groups excluding carboxylic acids is 2. The number of hydrogen-bond acceptors (Lipinski definition) is 3. The van der Waals surface area contributed by atoms with Crippen LogP contribution in [0.15, 0.2) is 0 Å². The molecule has 0 aromatic heterocycles. The van der Waals surface area contributed by atoms with Crippen molar-refractivity contribution in [2.45, 2.75) is 39.3 Å². The van der Waals surface area contributed by atoms with Gasteiger partial charge in [0.15, 0.2) is 0 Å². The summed E-state index contributed by atoms with van der Waals surface area (Å²) in [6.45, 7) is 5.16. The number of carboxylic acid groups (broad SMARTS) is 1. The maximum atomic E-state index is 12.1. The lowest BCUT2D eigenvalue weighted by atomic mass is 10.0. The van der Waals surface area contributed by atoms with Gasteiger partial charge in [-0.05, 0) is 12.3 Å². The zero-order chi connectivity index (χ0) is 14.5. The summed E-state index contributed by atoms with van der Waals surface area (Å²) in [5.41, 5.74) is 5.00. The van der Waals surface area contributed by atoms with Gasteiger partial charge in [-0.3, -0.25) is 4.79 Å². The molecule has 0 spiro atoms. The summed E-state index contributed by atoms with van der Waals surface area (Å²) in [7, 11) is 1.41. The molecule has 0 aliphatic rings. The second kappa shape index (κ2) is 6.83. The standard InChI is InChI=1S/C11H21N3O4/c1-5-7(10(16)17)14(4)9(15)8(6(2)3)13-11(12)18/h6-8H,5H2,1-4H3,(H,16,17)(H3,12,13,18). The van der Waals surface area contributed by atoms with Gasteiger partial charge in [0, 0.05) is 7.05 Å². The van der Waals surface area contributed by atoms with E-state index in [1.807, 2.05) is 0 Å². The topological polar surface area (TPSA) is 113 Å². The van der Waals surface area contributed by atoms with Crippen LogP contribution in [-0.2, 0) is 9.59 Å². The smallest absolute Gasteiger partial charge is 0.326 e. The fraction of sp³-hybridized carbons (Fsp3) is 0.727. The van der Waals surface area contributed by atoms with Crippen LogP contribution in [0.5, 0.6) is 0 Å². The van der Waals surface area contributed by atoms with Crippen LogP contribution in [-0.4, -0.2) is 47.0 Å². The molecule has 0 aromatic carbocycles. The van der Waals surface area contributed by atoms with E-state index < -0.39 is 30.0 Å². The van der Waals surface area contributed by atoms with Crippen LogP contribution in [0.25, 0.3) is 0 Å². The highest BCUT2D eigenvalue weighted by molar-refractivity contribution is 5.89. The van der Waals surface area contributed by atoms with E-state index >= 15 is 0 Å². The first-order chi connectivity index (χ1) is 8.22. The minimum atomic E-state index is -1.07. The molecule has 0 aromatic rings. The maximum Gasteiger partial charge on any atom is 0.326 e. The molecular formula is C11H21N3O4. The van der Waals surface area contributed by atoms with Crippen molar-refractivity contribution >= 4 is 17.9 Å². The summed E-state index contributed by atoms with van der Waals surface area (Å²) in [4.78, 5) is 35.1. The Morgan fingerprint density at radius 2 is 1.83 bits per heavy atom. The lowest BCUT2D eigenvalue weighted by molar-refractivity contribution is -0.150. The van der Waals surface area contributed by atoms with E-state index in [-0.39, 0.29) is 5.92 Å². The number of likely N-dealkylation sites (N-methyl/N-ethyl adjacent to an activating group) is 1. The van der Waals surface area contributed by atoms with Gasteiger partial charge in [-0.1, -0.05) is 20.8 Å². The summed E-state index contributed by atoms with van der Waals surface area (Å²) < 4.78 is 0. The van der Waals surface area contributed by atoms with Gasteiger partial charge >= 0.3 is 12.0 Å². The largest absolute Gasteiger partial charge is 0.480 e. The van der Waals surface area contributed by atoms with Gasteiger partial charge in [0.25, 0.3) is 0 Å². The van der Waals surface area contributed by atoms with Crippen LogP contribution in [0.3, 0.4) is 0 Å². The van der Waals surface area contributed by atoms with Gasteiger partial charge in [0.05, 0.1) is 0 Å². The molecular weight excluding hydrogens is 238 g/mol. The molecule has 0 fully saturated rings. The van der Waals surface area contributed by atoms with Crippen molar-refractivity contribution in [3.05, 3.63) is 0 Å². The number of urea groups is 1. The molecule has 18 heavy (non-hydrogen) atoms. The number of primary amides is 1. The second-order valence-corrected chi connectivity index (χ2v) is 4.44. The number of amides is 3. The molecule has 7 nitrogen and oxygen atoms in total. The highest BCUT2D eigenvalue weighted by Crippen LogP contribution is 2.10. The SMILES string of the molecule is CCC(C(=O)O)N(C)C(=O)C(NC(N)=O)C(C)C. The summed E-state index contributed by atoms with van der Waals surface area (Å²) in [5, 5.41) is 11.3. The van der Waals surface area contributed by atoms with Crippen LogP contribution in [0, 0.1) is 5.92 Å². The van der Waals surface area contributed by atoms with Crippen molar-refractivity contribution in [3.8, 4) is 0 Å². The second-order valence-electron chi connectivity index (χ2n) is 4.44. The van der Waals surface area contributed by atoms with Gasteiger partial charge in [0.1, 0.15) is 12.1 Å². The zero-order valence-corrected chi connectivity index (χ0v) is 11.1. The van der Waals surface area contributed by atoms with Gasteiger partial charge in [-0.2, -0.15) is 0 Å². The van der Waals surface area contributed by atoms with Crippen molar-refractivity contribution in [3.63, 3.8) is 0 Å². The Hall–Kier alpha value is -1.79. The quantitative estimate of drug-likeness (QED) is 0.623. The van der Waals surface area contributed by atoms with E-state index in [1.54, 1.807) is 20.8 Å². The minimum absolute atomic E-state index is 0.182. The lowest BCUT2D eigenvalue weighted by Crippen LogP contribution is -2.55. The molecule has 0 rings (SSSR count). The Balaban J connectivity index is 4.96. The molecule has 0 aliphatic carbocycles. The van der Waals surface area contributed by atoms with Crippen LogP contribution in [0.4, 0.5) is 4.79 Å². The number of rotatable bonds is 6. The van der Waals surface area contributed by atoms with E-state index in [4.69, 9.17) is 10.8 Å². The van der Waals surface area contributed by atoms with Crippen molar-refractivity contribution in [1.82, 2.24) is 10.2 Å². The Morgan fingerprint density at radius 3 is 2.11 bits per heavy atom. The number of carboxylic acids is 1. The predicted octanol–water partition coefficient (Wildman–Crippen LogP) is 0.000900. The molecule has 0 aliphatic heterocycles. The number of aliphatic carboxylic acids is 1. The first-order valence-electron chi connectivity index (χ1n) is 5.77. The molecule has 0 radical (unpaired) electrons. The summed E-state index contributed by atoms with van der Waals surface area (Å²) in [5.74, 6) is -1.72. The monoisotopic (exact) mass is 259 g/mol. The van der Waals surface area contributed by atoms with Crippen LogP contribution in [0.1, 0.15) is 27.2 Å². The Bertz CT molecular complexity index is 330. The highest BCUT2D eigenvalue weighted by atomic mass is 16.4. The van der Waals surface area contributed by atoms with Crippen LogP contribution < -0.4 is 11.1 Å². The number of nitrogens with one attached hydrogen (secondary N) is 1. The van der Waals surface area contributed by atoms with E-state index in [9.17, 15) is 14.4 Å². The van der Waals surface area contributed by atoms with Crippen LogP contribution in [0.2, 0.25) is 0 Å². The molecule has 2 unspecified atom stereocenters. The van der Waals surface area contributed by atoms with Crippen molar-refractivity contribution in [1.29, 1.82) is 0 Å². The number of carbonyl (C=O) groups is 3. The van der Waals surface area contributed by atoms with Gasteiger partial charge in [-0.25, -0.2) is 9.59 Å². The summed E-state index contributed by atoms with van der Waals surface area (Å²) >= 11 is 0. The zero-order valence-electron chi connectivity index (χ0n) is 11.1. The van der Waals surface area contributed by atoms with E-state index in [0.717, 1.165) is 4.90 Å². The van der Waals surface area contributed by atoms with Crippen molar-refractivity contribution < 1.29 is 19.5 Å². The van der Waals surface area contributed by atoms with E-state index in [2.05, 4.69) is 5.32 Å². The fourth-order valence-electron chi connectivity index (χ4n) is 1.65. The average Bonchev–Trinajstić information content (AvgIpc) is 2.24. The van der Waals surface area contributed by atoms with Gasteiger partial charge in [0.2, 0.25) is 5.91 Å². The third kappa shape index (κ3) is 4.23. The Morgan fingerprint density at radius 1 is 1.33 bits per heavy atom. The average molecular weight is 259 g/mol. The Kier molecular flexibility index (Phi) is 6.15. The number of nitrogens with zero attached hydrogens (tertiary/aromatic N) is 1. The molecule has 7 heteroatoms. The molecule has 0 saturated carbocycles. The van der Waals surface area contributed by atoms with Gasteiger partial charge in [-0.15, -0.1) is 0 Å². The first kappa shape index (κ1) is 16.2. The summed E-state index contributed by atoms with van der Waals surface area (Å²) in [6.07, 6.45) is 0.291. The predicted molar refractivity (Wildman–Crippen MR) is 65.8 cm³/mol. The van der Waals surface area contributed by atoms with Crippen molar-refractivity contribution in [2.75, 3.05) is 7.05 Å². The normalized spacial score (nSPS) is 13.8. The molecule has 2 atom stereocenters. The van der Waals surface area contributed by atoms with E-state index in [0.29, 0.717) is 6.42 Å². The molecule has 3 amide bonds. The molecule has 0 heterocycles. The van der Waals surface area contributed by atoms with Gasteiger partial charge < -0.3 is 21.1 Å². The third-order valence-electron chi connectivity index (χ3n) is 2.72. The fourth-order valence-corrected chi connectivity index (χ4v) is 1.65. The van der Waals surface area contributed by atoms with E-state index in [1.165, 1.54) is 7.05 Å². The minimum Gasteiger partial charge on any atom is -0.480 e. The molecule has 104 valence electrons. The van der Waals surface area contributed by atoms with Crippen LogP contribution >= 0.6 is 0 Å². The highest BCUT2D eigenvalue weighted by Gasteiger charge is 2.32. The molecule has 4 N–H and O–H groups in total. The number of nitrogens with two attached hydrogens (primary N) is 1. The summed E-state index contributed by atoms with van der Waals surface area (Å²) in [6, 6.07) is -2.53. The maximum absolute atomic E-state index is 12.1. The lowest BCUT2D eigenvalue weighted by Gasteiger charge is -2.30. The molecule has 0 bridgehead atoms. The third-order valence-corrected chi connectivity index (χ3v) is 2.72.